The average molecular weight is 535 g/mol. The Bertz CT molecular complexity index is 1510. The molecule has 2 amide bonds. The second-order valence-corrected chi connectivity index (χ2v) is 10.1. The van der Waals surface area contributed by atoms with E-state index in [0.29, 0.717) is 13.1 Å². The van der Waals surface area contributed by atoms with Gasteiger partial charge in [-0.25, -0.2) is 0 Å². The molecule has 4 aromatic carbocycles. The Morgan fingerprint density at radius 3 is 2.40 bits per heavy atom. The smallest absolute Gasteiger partial charge is 0.263 e. The van der Waals surface area contributed by atoms with E-state index < -0.39 is 0 Å². The summed E-state index contributed by atoms with van der Waals surface area (Å²) in [6.07, 6.45) is 3.91. The Kier molecular flexibility index (Phi) is 8.39. The van der Waals surface area contributed by atoms with Crippen molar-refractivity contribution in [1.82, 2.24) is 4.90 Å². The van der Waals surface area contributed by atoms with Crippen molar-refractivity contribution in [2.24, 2.45) is 5.92 Å². The van der Waals surface area contributed by atoms with Crippen LogP contribution in [0, 0.1) is 5.92 Å². The number of amides is 2. The quantitative estimate of drug-likeness (QED) is 0.225. The lowest BCUT2D eigenvalue weighted by Crippen LogP contribution is -2.32. The summed E-state index contributed by atoms with van der Waals surface area (Å²) in [5, 5.41) is 11.5. The normalized spacial score (nSPS) is 14.2. The zero-order valence-electron chi connectivity index (χ0n) is 22.9. The van der Waals surface area contributed by atoms with E-state index in [-0.39, 0.29) is 36.9 Å². The van der Waals surface area contributed by atoms with Crippen LogP contribution in [0.2, 0.25) is 0 Å². The molecular formula is C34H34N2O4. The predicted molar refractivity (Wildman–Crippen MR) is 158 cm³/mol. The number of hydrogen-bond acceptors (Lipinski definition) is 4. The van der Waals surface area contributed by atoms with Crippen LogP contribution < -0.4 is 4.90 Å². The number of benzene rings is 4. The van der Waals surface area contributed by atoms with Crippen LogP contribution in [0.1, 0.15) is 40.9 Å². The van der Waals surface area contributed by atoms with Gasteiger partial charge in [-0.2, -0.15) is 0 Å². The van der Waals surface area contributed by atoms with Crippen molar-refractivity contribution in [3.63, 3.8) is 0 Å². The van der Waals surface area contributed by atoms with E-state index in [2.05, 4.69) is 6.92 Å². The molecule has 0 radical (unpaired) electrons. The average Bonchev–Trinajstić information content (AvgIpc) is 3.27. The summed E-state index contributed by atoms with van der Waals surface area (Å²) in [6.45, 7) is 2.74. The standard InChI is InChI=1S/C34H34N2O4/c1-24(9-6-16-31(38)35(21-22-37)23-25-10-4-3-5-11-25)33(40-2)27-17-19-28(20-18-27)36-30-15-8-13-26-12-7-14-29(32(26)30)34(36)39/h3-15,17-20,24,33,37H,16,21-23H2,1-2H3/b9-6+/t24-,33+/m0/s1. The molecule has 40 heavy (non-hydrogen) atoms. The SMILES string of the molecule is CO[C@@H](c1ccc(N2C(=O)c3cccc4cccc2c34)cc1)[C@@H](C)/C=C/CC(=O)N(CCO)Cc1ccccc1. The number of methoxy groups -OCH3 is 1. The van der Waals surface area contributed by atoms with Crippen LogP contribution in [-0.4, -0.2) is 42.1 Å². The Balaban J connectivity index is 1.25. The molecule has 0 bridgehead atoms. The molecule has 0 aliphatic carbocycles. The molecule has 1 heterocycles. The summed E-state index contributed by atoms with van der Waals surface area (Å²) < 4.78 is 5.84. The number of ether oxygens (including phenoxy) is 1. The van der Waals surface area contributed by atoms with Gasteiger partial charge in [0.15, 0.2) is 0 Å². The van der Waals surface area contributed by atoms with Gasteiger partial charge in [0, 0.05) is 43.6 Å². The monoisotopic (exact) mass is 534 g/mol. The molecule has 1 aliphatic heterocycles. The maximum atomic E-state index is 13.3. The molecule has 5 rings (SSSR count). The van der Waals surface area contributed by atoms with E-state index in [1.165, 1.54) is 0 Å². The fourth-order valence-electron chi connectivity index (χ4n) is 5.47. The molecule has 4 aromatic rings. The lowest BCUT2D eigenvalue weighted by Gasteiger charge is -2.23. The molecule has 6 heteroatoms. The minimum Gasteiger partial charge on any atom is -0.395 e. The van der Waals surface area contributed by atoms with Crippen molar-refractivity contribution in [3.05, 3.63) is 120 Å². The van der Waals surface area contributed by atoms with E-state index in [0.717, 1.165) is 38.8 Å². The number of rotatable bonds is 11. The largest absolute Gasteiger partial charge is 0.395 e. The first kappa shape index (κ1) is 27.3. The molecule has 2 atom stereocenters. The highest BCUT2D eigenvalue weighted by Gasteiger charge is 2.31. The van der Waals surface area contributed by atoms with E-state index in [1.807, 2.05) is 103 Å². The molecule has 204 valence electrons. The van der Waals surface area contributed by atoms with E-state index in [9.17, 15) is 14.7 Å². The number of aliphatic hydroxyl groups is 1. The maximum absolute atomic E-state index is 13.3. The minimum atomic E-state index is -0.215. The van der Waals surface area contributed by atoms with Crippen LogP contribution in [0.3, 0.4) is 0 Å². The minimum absolute atomic E-state index is 0.00971. The maximum Gasteiger partial charge on any atom is 0.263 e. The number of hydrogen-bond donors (Lipinski definition) is 1. The predicted octanol–water partition coefficient (Wildman–Crippen LogP) is 6.42. The van der Waals surface area contributed by atoms with Crippen LogP contribution >= 0.6 is 0 Å². The highest BCUT2D eigenvalue weighted by atomic mass is 16.5. The van der Waals surface area contributed by atoms with Crippen LogP contribution in [0.15, 0.2) is 103 Å². The Hall–Kier alpha value is -4.26. The third kappa shape index (κ3) is 5.55. The lowest BCUT2D eigenvalue weighted by molar-refractivity contribution is -0.131. The van der Waals surface area contributed by atoms with Gasteiger partial charge in [-0.1, -0.05) is 85.8 Å². The van der Waals surface area contributed by atoms with Crippen molar-refractivity contribution in [3.8, 4) is 0 Å². The van der Waals surface area contributed by atoms with E-state index in [1.54, 1.807) is 16.9 Å². The molecule has 0 fully saturated rings. The molecule has 0 saturated heterocycles. The molecule has 0 saturated carbocycles. The van der Waals surface area contributed by atoms with Gasteiger partial charge in [0.05, 0.1) is 24.0 Å². The molecule has 0 spiro atoms. The van der Waals surface area contributed by atoms with Gasteiger partial charge in [0.2, 0.25) is 5.91 Å². The first-order valence-electron chi connectivity index (χ1n) is 13.6. The van der Waals surface area contributed by atoms with Gasteiger partial charge in [-0.3, -0.25) is 14.5 Å². The summed E-state index contributed by atoms with van der Waals surface area (Å²) in [4.78, 5) is 29.6. The number of carbonyl (C=O) groups is 2. The van der Waals surface area contributed by atoms with Crippen molar-refractivity contribution in [2.45, 2.75) is 26.0 Å². The third-order valence-electron chi connectivity index (χ3n) is 7.44. The van der Waals surface area contributed by atoms with Crippen LogP contribution in [0.25, 0.3) is 10.8 Å². The Morgan fingerprint density at radius 1 is 0.975 bits per heavy atom. The fraction of sp³-hybridized carbons (Fsp3) is 0.235. The topological polar surface area (TPSA) is 70.1 Å². The number of nitrogens with zero attached hydrogens (tertiary/aromatic N) is 2. The van der Waals surface area contributed by atoms with Gasteiger partial charge < -0.3 is 14.7 Å². The molecule has 0 unspecified atom stereocenters. The van der Waals surface area contributed by atoms with Gasteiger partial charge in [0.25, 0.3) is 5.91 Å². The zero-order valence-corrected chi connectivity index (χ0v) is 22.9. The highest BCUT2D eigenvalue weighted by Crippen LogP contribution is 2.42. The molecule has 1 N–H and O–H groups in total. The van der Waals surface area contributed by atoms with E-state index >= 15 is 0 Å². The summed E-state index contributed by atoms with van der Waals surface area (Å²) in [6, 6.07) is 29.5. The van der Waals surface area contributed by atoms with Crippen LogP contribution in [-0.2, 0) is 16.1 Å². The van der Waals surface area contributed by atoms with Crippen molar-refractivity contribution in [1.29, 1.82) is 0 Å². The number of carbonyl (C=O) groups excluding carboxylic acids is 2. The lowest BCUT2D eigenvalue weighted by atomic mass is 9.96. The van der Waals surface area contributed by atoms with Gasteiger partial charge in [-0.15, -0.1) is 0 Å². The van der Waals surface area contributed by atoms with Gasteiger partial charge >= 0.3 is 0 Å². The summed E-state index contributed by atoms with van der Waals surface area (Å²) >= 11 is 0. The van der Waals surface area contributed by atoms with Gasteiger partial charge in [0.1, 0.15) is 0 Å². The summed E-state index contributed by atoms with van der Waals surface area (Å²) in [5.41, 5.74) is 4.45. The molecular weight excluding hydrogens is 500 g/mol. The Morgan fingerprint density at radius 2 is 1.70 bits per heavy atom. The third-order valence-corrected chi connectivity index (χ3v) is 7.44. The van der Waals surface area contributed by atoms with Crippen molar-refractivity contribution >= 4 is 34.0 Å². The first-order valence-corrected chi connectivity index (χ1v) is 13.6. The highest BCUT2D eigenvalue weighted by molar-refractivity contribution is 6.27. The van der Waals surface area contributed by atoms with E-state index in [4.69, 9.17) is 4.74 Å². The summed E-state index contributed by atoms with van der Waals surface area (Å²) in [7, 11) is 1.68. The van der Waals surface area contributed by atoms with Crippen molar-refractivity contribution < 1.29 is 19.4 Å². The Labute approximate surface area is 235 Å². The van der Waals surface area contributed by atoms with Crippen molar-refractivity contribution in [2.75, 3.05) is 25.2 Å². The number of anilines is 2. The summed E-state index contributed by atoms with van der Waals surface area (Å²) in [5.74, 6) is -0.0484. The number of aliphatic hydroxyl groups excluding tert-OH is 1. The zero-order chi connectivity index (χ0) is 28.1. The van der Waals surface area contributed by atoms with Crippen LogP contribution in [0.5, 0.6) is 0 Å². The van der Waals surface area contributed by atoms with Crippen LogP contribution in [0.4, 0.5) is 11.4 Å². The van der Waals surface area contributed by atoms with Gasteiger partial charge in [-0.05, 0) is 40.8 Å². The molecule has 0 aromatic heterocycles. The molecule has 6 nitrogen and oxygen atoms in total. The second kappa shape index (κ2) is 12.3. The second-order valence-electron chi connectivity index (χ2n) is 10.1. The fourth-order valence-corrected chi connectivity index (χ4v) is 5.47. The first-order chi connectivity index (χ1) is 19.5. The molecule has 1 aliphatic rings.